The summed E-state index contributed by atoms with van der Waals surface area (Å²) in [4.78, 5) is 14.6. The number of nitrogens with one attached hydrogen (secondary N) is 2. The molecule has 4 nitrogen and oxygen atoms in total. The normalized spacial score (nSPS) is 14.3. The average Bonchev–Trinajstić information content (AvgIpc) is 2.36. The summed E-state index contributed by atoms with van der Waals surface area (Å²) < 4.78 is 11.2. The molecule has 0 saturated heterocycles. The zero-order valence-electron chi connectivity index (χ0n) is 10.4. The van der Waals surface area contributed by atoms with Gasteiger partial charge in [0.15, 0.2) is 0 Å². The quantitative estimate of drug-likeness (QED) is 0.883. The van der Waals surface area contributed by atoms with Crippen LogP contribution in [0.25, 0.3) is 10.8 Å². The molecule has 2 aromatic rings. The molecule has 1 aromatic carbocycles. The SMILES string of the molecule is CC(CNc1cc2ccccc2c(=O)[nH]1)S(C)=O. The fourth-order valence-corrected chi connectivity index (χ4v) is 2.00. The number of hydrogen-bond acceptors (Lipinski definition) is 3. The topological polar surface area (TPSA) is 62.0 Å². The van der Waals surface area contributed by atoms with Crippen molar-refractivity contribution in [2.24, 2.45) is 0 Å². The number of fused-ring (bicyclic) bond motifs is 1. The lowest BCUT2D eigenvalue weighted by atomic mass is 10.2. The smallest absolute Gasteiger partial charge is 0.257 e. The summed E-state index contributed by atoms with van der Waals surface area (Å²) >= 11 is 0. The first-order chi connectivity index (χ1) is 8.58. The van der Waals surface area contributed by atoms with Gasteiger partial charge in [-0.1, -0.05) is 18.2 Å². The third kappa shape index (κ3) is 2.79. The summed E-state index contributed by atoms with van der Waals surface area (Å²) in [5, 5.41) is 4.73. The monoisotopic (exact) mass is 264 g/mol. The third-order valence-electron chi connectivity index (χ3n) is 2.90. The first-order valence-electron chi connectivity index (χ1n) is 5.76. The molecule has 18 heavy (non-hydrogen) atoms. The first kappa shape index (κ1) is 12.8. The second kappa shape index (κ2) is 5.35. The van der Waals surface area contributed by atoms with Crippen LogP contribution in [0.15, 0.2) is 35.1 Å². The van der Waals surface area contributed by atoms with Gasteiger partial charge in [0.2, 0.25) is 0 Å². The van der Waals surface area contributed by atoms with Crippen LogP contribution in [-0.2, 0) is 10.8 Å². The van der Waals surface area contributed by atoms with Crippen LogP contribution in [0.1, 0.15) is 6.92 Å². The number of benzene rings is 1. The Morgan fingerprint density at radius 1 is 1.39 bits per heavy atom. The maximum Gasteiger partial charge on any atom is 0.257 e. The first-order valence-corrected chi connectivity index (χ1v) is 7.38. The van der Waals surface area contributed by atoms with Crippen molar-refractivity contribution >= 4 is 27.4 Å². The minimum atomic E-state index is -0.871. The van der Waals surface area contributed by atoms with Crippen molar-refractivity contribution in [2.45, 2.75) is 12.2 Å². The van der Waals surface area contributed by atoms with E-state index in [2.05, 4.69) is 10.3 Å². The Morgan fingerprint density at radius 3 is 2.83 bits per heavy atom. The van der Waals surface area contributed by atoms with Crippen LogP contribution in [0.2, 0.25) is 0 Å². The van der Waals surface area contributed by atoms with Gasteiger partial charge in [-0.15, -0.1) is 0 Å². The molecular weight excluding hydrogens is 248 g/mol. The maximum atomic E-state index is 11.8. The molecule has 1 aromatic heterocycles. The van der Waals surface area contributed by atoms with Crippen molar-refractivity contribution in [3.8, 4) is 0 Å². The van der Waals surface area contributed by atoms with Crippen molar-refractivity contribution in [3.63, 3.8) is 0 Å². The van der Waals surface area contributed by atoms with E-state index in [1.54, 1.807) is 12.3 Å². The summed E-state index contributed by atoms with van der Waals surface area (Å²) in [6.45, 7) is 2.47. The molecule has 0 fully saturated rings. The van der Waals surface area contributed by atoms with Crippen molar-refractivity contribution in [1.82, 2.24) is 4.98 Å². The molecule has 0 aliphatic heterocycles. The molecule has 0 saturated carbocycles. The predicted octanol–water partition coefficient (Wildman–Crippen LogP) is 1.71. The molecule has 2 atom stereocenters. The molecule has 5 heteroatoms. The summed E-state index contributed by atoms with van der Waals surface area (Å²) in [6.07, 6.45) is 1.68. The molecule has 96 valence electrons. The van der Waals surface area contributed by atoms with Gasteiger partial charge >= 0.3 is 0 Å². The summed E-state index contributed by atoms with van der Waals surface area (Å²) in [5.41, 5.74) is -0.110. The van der Waals surface area contributed by atoms with E-state index in [1.165, 1.54) is 0 Å². The average molecular weight is 264 g/mol. The molecule has 1 heterocycles. The van der Waals surface area contributed by atoms with E-state index in [4.69, 9.17) is 0 Å². The minimum absolute atomic E-state index is 0.0416. The number of rotatable bonds is 4. The number of anilines is 1. The fourth-order valence-electron chi connectivity index (χ4n) is 1.68. The zero-order chi connectivity index (χ0) is 13.1. The largest absolute Gasteiger partial charge is 0.370 e. The van der Waals surface area contributed by atoms with Gasteiger partial charge in [-0.2, -0.15) is 0 Å². The van der Waals surface area contributed by atoms with Crippen LogP contribution in [0.5, 0.6) is 0 Å². The van der Waals surface area contributed by atoms with Crippen LogP contribution in [0.3, 0.4) is 0 Å². The number of H-pyrrole nitrogens is 1. The molecule has 0 spiro atoms. The van der Waals surface area contributed by atoms with E-state index in [1.807, 2.05) is 31.2 Å². The Kier molecular flexibility index (Phi) is 3.81. The highest BCUT2D eigenvalue weighted by atomic mass is 32.2. The molecule has 2 rings (SSSR count). The molecule has 0 bridgehead atoms. The summed E-state index contributed by atoms with van der Waals surface area (Å²) in [6, 6.07) is 9.32. The second-order valence-electron chi connectivity index (χ2n) is 4.29. The van der Waals surface area contributed by atoms with Crippen molar-refractivity contribution in [2.75, 3.05) is 18.1 Å². The molecule has 0 radical (unpaired) electrons. The Hall–Kier alpha value is -1.62. The number of aromatic amines is 1. The van der Waals surface area contributed by atoms with E-state index in [0.29, 0.717) is 17.7 Å². The standard InChI is InChI=1S/C13H16N2O2S/c1-9(18(2)17)8-14-12-7-10-5-3-4-6-11(10)13(16)15-12/h3-7,9H,8H2,1-2H3,(H2,14,15,16). The highest BCUT2D eigenvalue weighted by Crippen LogP contribution is 2.12. The fraction of sp³-hybridized carbons (Fsp3) is 0.308. The van der Waals surface area contributed by atoms with E-state index >= 15 is 0 Å². The third-order valence-corrected chi connectivity index (χ3v) is 4.20. The van der Waals surface area contributed by atoms with Gasteiger partial charge in [-0.25, -0.2) is 0 Å². The molecule has 0 aliphatic carbocycles. The zero-order valence-corrected chi connectivity index (χ0v) is 11.2. The van der Waals surface area contributed by atoms with Gasteiger partial charge in [-0.05, 0) is 24.4 Å². The predicted molar refractivity (Wildman–Crippen MR) is 76.6 cm³/mol. The number of hydrogen-bond donors (Lipinski definition) is 2. The van der Waals surface area contributed by atoms with Gasteiger partial charge in [0.05, 0.1) is 0 Å². The van der Waals surface area contributed by atoms with Gasteiger partial charge in [-0.3, -0.25) is 9.00 Å². The van der Waals surface area contributed by atoms with Gasteiger partial charge in [0.25, 0.3) is 5.56 Å². The van der Waals surface area contributed by atoms with Gasteiger partial charge in [0.1, 0.15) is 5.82 Å². The van der Waals surface area contributed by atoms with Gasteiger partial charge in [0, 0.05) is 34.2 Å². The molecular formula is C13H16N2O2S. The van der Waals surface area contributed by atoms with Crippen molar-refractivity contribution in [1.29, 1.82) is 0 Å². The minimum Gasteiger partial charge on any atom is -0.370 e. The van der Waals surface area contributed by atoms with E-state index in [0.717, 1.165) is 5.39 Å². The Balaban J connectivity index is 2.25. The Morgan fingerprint density at radius 2 is 2.11 bits per heavy atom. The Labute approximate surface area is 108 Å². The molecule has 2 unspecified atom stereocenters. The molecule has 0 amide bonds. The summed E-state index contributed by atoms with van der Waals surface area (Å²) in [7, 11) is -0.871. The molecule has 2 N–H and O–H groups in total. The highest BCUT2D eigenvalue weighted by Gasteiger charge is 2.06. The van der Waals surface area contributed by atoms with E-state index in [-0.39, 0.29) is 10.8 Å². The second-order valence-corrected chi connectivity index (χ2v) is 6.09. The van der Waals surface area contributed by atoms with E-state index < -0.39 is 10.8 Å². The van der Waals surface area contributed by atoms with Crippen LogP contribution in [0.4, 0.5) is 5.82 Å². The number of aromatic nitrogens is 1. The van der Waals surface area contributed by atoms with Crippen LogP contribution in [-0.4, -0.2) is 27.2 Å². The summed E-state index contributed by atoms with van der Waals surface area (Å²) in [5.74, 6) is 0.663. The van der Waals surface area contributed by atoms with Crippen LogP contribution in [0, 0.1) is 0 Å². The lowest BCUT2D eigenvalue weighted by Crippen LogP contribution is -2.22. The molecule has 0 aliphatic rings. The van der Waals surface area contributed by atoms with E-state index in [9.17, 15) is 9.00 Å². The number of pyridine rings is 1. The van der Waals surface area contributed by atoms with Crippen molar-refractivity contribution in [3.05, 3.63) is 40.7 Å². The van der Waals surface area contributed by atoms with Crippen LogP contribution < -0.4 is 10.9 Å². The Bertz CT molecular complexity index is 636. The van der Waals surface area contributed by atoms with Crippen LogP contribution >= 0.6 is 0 Å². The lowest BCUT2D eigenvalue weighted by Gasteiger charge is -2.11. The van der Waals surface area contributed by atoms with Crippen molar-refractivity contribution < 1.29 is 4.21 Å². The maximum absolute atomic E-state index is 11.8. The van der Waals surface area contributed by atoms with Gasteiger partial charge < -0.3 is 10.3 Å². The highest BCUT2D eigenvalue weighted by molar-refractivity contribution is 7.84. The lowest BCUT2D eigenvalue weighted by molar-refractivity contribution is 0.679.